The molecule has 0 radical (unpaired) electrons. The van der Waals surface area contributed by atoms with Crippen LogP contribution in [0.1, 0.15) is 57.6 Å². The summed E-state index contributed by atoms with van der Waals surface area (Å²) in [5.41, 5.74) is 1.82. The Morgan fingerprint density at radius 3 is 2.25 bits per heavy atom. The van der Waals surface area contributed by atoms with Crippen LogP contribution >= 0.6 is 0 Å². The predicted molar refractivity (Wildman–Crippen MR) is 122 cm³/mol. The average Bonchev–Trinajstić information content (AvgIpc) is 2.93. The van der Waals surface area contributed by atoms with Gasteiger partial charge in [0.1, 0.15) is 12.1 Å². The first-order valence-corrected chi connectivity index (χ1v) is 11.2. The van der Waals surface area contributed by atoms with Crippen LogP contribution in [-0.4, -0.2) is 47.3 Å². The molecule has 174 valence electrons. The van der Waals surface area contributed by atoms with E-state index in [2.05, 4.69) is 36.7 Å². The number of nitrogens with zero attached hydrogens (tertiary/aromatic N) is 1. The molecule has 32 heavy (non-hydrogen) atoms. The Labute approximate surface area is 189 Å². The van der Waals surface area contributed by atoms with E-state index >= 15 is 0 Å². The van der Waals surface area contributed by atoms with Crippen molar-refractivity contribution < 1.29 is 19.2 Å². The zero-order valence-corrected chi connectivity index (χ0v) is 19.6. The minimum Gasteiger partial charge on any atom is -0.345 e. The maximum absolute atomic E-state index is 13.0. The second-order valence-corrected chi connectivity index (χ2v) is 10.1. The van der Waals surface area contributed by atoms with E-state index in [1.807, 2.05) is 32.0 Å². The molecule has 5 amide bonds. The van der Waals surface area contributed by atoms with Gasteiger partial charge in [0.05, 0.1) is 6.54 Å². The Hall–Kier alpha value is -2.90. The van der Waals surface area contributed by atoms with Crippen molar-refractivity contribution in [3.8, 4) is 0 Å². The Balaban J connectivity index is 1.52. The summed E-state index contributed by atoms with van der Waals surface area (Å²) in [5.74, 6) is -0.772. The first-order valence-electron chi connectivity index (χ1n) is 11.2. The zero-order valence-electron chi connectivity index (χ0n) is 19.6. The quantitative estimate of drug-likeness (QED) is 0.610. The lowest BCUT2D eigenvalue weighted by molar-refractivity contribution is -0.136. The van der Waals surface area contributed by atoms with Gasteiger partial charge >= 0.3 is 6.03 Å². The molecule has 0 atom stereocenters. The molecule has 2 fully saturated rings. The Morgan fingerprint density at radius 1 is 1.09 bits per heavy atom. The van der Waals surface area contributed by atoms with E-state index in [-0.39, 0.29) is 23.8 Å². The summed E-state index contributed by atoms with van der Waals surface area (Å²) in [7, 11) is 0. The number of hydrogen-bond donors (Lipinski definition) is 3. The maximum Gasteiger partial charge on any atom is 0.325 e. The zero-order chi connectivity index (χ0) is 23.7. The SMILES string of the molecule is Cc1cccc(C)c1NC(=O)CNC(=O)CN1C(=O)NC2(CCC(C(C)(C)C)CC2)C1=O. The minimum absolute atomic E-state index is 0.157. The van der Waals surface area contributed by atoms with Crippen LogP contribution in [0.4, 0.5) is 10.5 Å². The number of nitrogens with one attached hydrogen (secondary N) is 3. The smallest absolute Gasteiger partial charge is 0.325 e. The number of rotatable bonds is 5. The summed E-state index contributed by atoms with van der Waals surface area (Å²) in [4.78, 5) is 51.1. The van der Waals surface area contributed by atoms with Gasteiger partial charge in [-0.15, -0.1) is 0 Å². The number of benzene rings is 1. The third-order valence-electron chi connectivity index (χ3n) is 6.80. The lowest BCUT2D eigenvalue weighted by Gasteiger charge is -2.40. The molecule has 1 saturated carbocycles. The van der Waals surface area contributed by atoms with E-state index in [4.69, 9.17) is 0 Å². The molecule has 2 aliphatic rings. The van der Waals surface area contributed by atoms with Crippen molar-refractivity contribution in [2.75, 3.05) is 18.4 Å². The van der Waals surface area contributed by atoms with Crippen LogP contribution in [0.5, 0.6) is 0 Å². The molecule has 1 aromatic rings. The molecule has 1 aliphatic carbocycles. The highest BCUT2D eigenvalue weighted by Gasteiger charge is 2.53. The van der Waals surface area contributed by atoms with Crippen LogP contribution in [-0.2, 0) is 14.4 Å². The number of anilines is 1. The average molecular weight is 443 g/mol. The van der Waals surface area contributed by atoms with Crippen molar-refractivity contribution >= 4 is 29.4 Å². The summed E-state index contributed by atoms with van der Waals surface area (Å²) in [6, 6.07) is 5.15. The van der Waals surface area contributed by atoms with E-state index in [0.29, 0.717) is 24.4 Å². The van der Waals surface area contributed by atoms with Crippen LogP contribution in [0.3, 0.4) is 0 Å². The van der Waals surface area contributed by atoms with E-state index in [1.54, 1.807) is 0 Å². The number of imide groups is 1. The highest BCUT2D eigenvalue weighted by Crippen LogP contribution is 2.43. The molecule has 8 heteroatoms. The van der Waals surface area contributed by atoms with Crippen molar-refractivity contribution in [3.05, 3.63) is 29.3 Å². The van der Waals surface area contributed by atoms with E-state index in [9.17, 15) is 19.2 Å². The Bertz CT molecular complexity index is 906. The standard InChI is InChI=1S/C24H34N4O4/c1-15-7-6-8-16(2)20(15)26-18(29)13-25-19(30)14-28-21(31)24(27-22(28)32)11-9-17(10-12-24)23(3,4)5/h6-8,17H,9-14H2,1-5H3,(H,25,30)(H,26,29)(H,27,32). The summed E-state index contributed by atoms with van der Waals surface area (Å²) >= 11 is 0. The largest absolute Gasteiger partial charge is 0.345 e. The van der Waals surface area contributed by atoms with Crippen molar-refractivity contribution in [1.82, 2.24) is 15.5 Å². The van der Waals surface area contributed by atoms with Gasteiger partial charge in [-0.3, -0.25) is 19.3 Å². The lowest BCUT2D eigenvalue weighted by Crippen LogP contribution is -2.51. The summed E-state index contributed by atoms with van der Waals surface area (Å²) in [5, 5.41) is 8.13. The minimum atomic E-state index is -0.904. The normalized spacial score (nSPS) is 23.3. The molecule has 8 nitrogen and oxygen atoms in total. The molecule has 3 N–H and O–H groups in total. The fraction of sp³-hybridized carbons (Fsp3) is 0.583. The number of carbonyl (C=O) groups excluding carboxylic acids is 4. The van der Waals surface area contributed by atoms with Crippen molar-refractivity contribution in [3.63, 3.8) is 0 Å². The van der Waals surface area contributed by atoms with Gasteiger partial charge in [0.15, 0.2) is 0 Å². The van der Waals surface area contributed by atoms with Crippen LogP contribution in [0.15, 0.2) is 18.2 Å². The molecular weight excluding hydrogens is 408 g/mol. The Kier molecular flexibility index (Phi) is 6.62. The van der Waals surface area contributed by atoms with Gasteiger partial charge in [0.25, 0.3) is 5.91 Å². The van der Waals surface area contributed by atoms with Crippen LogP contribution < -0.4 is 16.0 Å². The number of para-hydroxylation sites is 1. The number of aryl methyl sites for hydroxylation is 2. The number of hydrogen-bond acceptors (Lipinski definition) is 4. The highest BCUT2D eigenvalue weighted by molar-refractivity contribution is 6.09. The number of urea groups is 1. The van der Waals surface area contributed by atoms with Crippen molar-refractivity contribution in [2.45, 2.75) is 65.8 Å². The van der Waals surface area contributed by atoms with Gasteiger partial charge in [-0.25, -0.2) is 4.79 Å². The first-order chi connectivity index (χ1) is 14.9. The topological polar surface area (TPSA) is 108 Å². The van der Waals surface area contributed by atoms with Crippen LogP contribution in [0.25, 0.3) is 0 Å². The molecule has 1 heterocycles. The van der Waals surface area contributed by atoms with Gasteiger partial charge < -0.3 is 16.0 Å². The molecule has 3 rings (SSSR count). The monoisotopic (exact) mass is 442 g/mol. The molecule has 0 aromatic heterocycles. The third-order valence-corrected chi connectivity index (χ3v) is 6.80. The van der Waals surface area contributed by atoms with E-state index in [0.717, 1.165) is 28.9 Å². The van der Waals surface area contributed by atoms with Crippen molar-refractivity contribution in [2.24, 2.45) is 11.3 Å². The predicted octanol–water partition coefficient (Wildman–Crippen LogP) is 2.89. The fourth-order valence-electron chi connectivity index (χ4n) is 4.71. The summed E-state index contributed by atoms with van der Waals surface area (Å²) < 4.78 is 0. The second-order valence-electron chi connectivity index (χ2n) is 10.1. The first kappa shape index (κ1) is 23.8. The fourth-order valence-corrected chi connectivity index (χ4v) is 4.71. The number of amides is 5. The van der Waals surface area contributed by atoms with Crippen LogP contribution in [0.2, 0.25) is 0 Å². The van der Waals surface area contributed by atoms with Gasteiger partial charge in [0.2, 0.25) is 11.8 Å². The van der Waals surface area contributed by atoms with Gasteiger partial charge in [-0.1, -0.05) is 39.0 Å². The molecule has 0 bridgehead atoms. The Morgan fingerprint density at radius 2 is 1.69 bits per heavy atom. The molecule has 0 unspecified atom stereocenters. The van der Waals surface area contributed by atoms with E-state index < -0.39 is 24.0 Å². The van der Waals surface area contributed by atoms with Crippen LogP contribution in [0, 0.1) is 25.2 Å². The van der Waals surface area contributed by atoms with Gasteiger partial charge in [0, 0.05) is 5.69 Å². The maximum atomic E-state index is 13.0. The van der Waals surface area contributed by atoms with Gasteiger partial charge in [-0.2, -0.15) is 0 Å². The molecule has 1 aliphatic heterocycles. The molecule has 1 aromatic carbocycles. The molecule has 1 spiro atoms. The number of carbonyl (C=O) groups is 4. The van der Waals surface area contributed by atoms with Crippen molar-refractivity contribution in [1.29, 1.82) is 0 Å². The van der Waals surface area contributed by atoms with Gasteiger partial charge in [-0.05, 0) is 62.0 Å². The second kappa shape index (κ2) is 8.92. The summed E-state index contributed by atoms with van der Waals surface area (Å²) in [6.07, 6.45) is 2.87. The third kappa shape index (κ3) is 4.95. The molecular formula is C24H34N4O4. The highest BCUT2D eigenvalue weighted by atomic mass is 16.2. The van der Waals surface area contributed by atoms with E-state index in [1.165, 1.54) is 0 Å². The summed E-state index contributed by atoms with van der Waals surface area (Å²) in [6.45, 7) is 9.72. The lowest BCUT2D eigenvalue weighted by atomic mass is 9.67. The molecule has 1 saturated heterocycles.